The summed E-state index contributed by atoms with van der Waals surface area (Å²) in [6, 6.07) is 23.6. The van der Waals surface area contributed by atoms with Gasteiger partial charge >= 0.3 is 0 Å². The van der Waals surface area contributed by atoms with Crippen molar-refractivity contribution in [3.05, 3.63) is 125 Å². The molecular formula is C28H21ClN2O2S. The highest BCUT2D eigenvalue weighted by atomic mass is 35.5. The van der Waals surface area contributed by atoms with Crippen LogP contribution in [0.4, 0.5) is 0 Å². The SMILES string of the molecule is COc1ccccc1[C@H]1C2=C(N=c3s/c(=C\c4ccccc4Cl)c(=O)n31)c1ccccc1CC2. The number of aromatic nitrogens is 1. The third-order valence-electron chi connectivity index (χ3n) is 6.50. The average molecular weight is 485 g/mol. The Labute approximate surface area is 205 Å². The molecule has 0 saturated heterocycles. The molecule has 1 atom stereocenters. The number of nitrogens with zero attached hydrogens (tertiary/aromatic N) is 2. The summed E-state index contributed by atoms with van der Waals surface area (Å²) in [6.07, 6.45) is 3.62. The Morgan fingerprint density at radius 3 is 2.65 bits per heavy atom. The largest absolute Gasteiger partial charge is 0.496 e. The van der Waals surface area contributed by atoms with Gasteiger partial charge in [-0.2, -0.15) is 0 Å². The standard InChI is InChI=1S/C28H21ClN2O2S/c1-33-23-13-7-5-11-20(23)26-21-15-14-17-8-2-4-10-19(17)25(21)30-28-31(26)27(32)24(34-28)16-18-9-3-6-12-22(18)29/h2-13,16,26H,14-15H2,1H3/b24-16-/t26-/m0/s1. The van der Waals surface area contributed by atoms with E-state index in [1.165, 1.54) is 16.9 Å². The van der Waals surface area contributed by atoms with Crippen LogP contribution >= 0.6 is 22.9 Å². The zero-order chi connectivity index (χ0) is 23.2. The van der Waals surface area contributed by atoms with E-state index in [1.54, 1.807) is 7.11 Å². The quantitative estimate of drug-likeness (QED) is 0.411. The van der Waals surface area contributed by atoms with Crippen molar-refractivity contribution in [3.8, 4) is 5.75 Å². The van der Waals surface area contributed by atoms with Crippen LogP contribution in [0, 0.1) is 0 Å². The lowest BCUT2D eigenvalue weighted by Gasteiger charge is -2.31. The third kappa shape index (κ3) is 3.35. The van der Waals surface area contributed by atoms with Gasteiger partial charge in [-0.25, -0.2) is 4.99 Å². The molecule has 0 unspecified atom stereocenters. The first-order valence-corrected chi connectivity index (χ1v) is 12.4. The zero-order valence-electron chi connectivity index (χ0n) is 18.5. The maximum absolute atomic E-state index is 13.8. The molecule has 1 aromatic heterocycles. The summed E-state index contributed by atoms with van der Waals surface area (Å²) in [5, 5.41) is 0.614. The van der Waals surface area contributed by atoms with E-state index in [0.717, 1.165) is 46.6 Å². The number of rotatable bonds is 3. The van der Waals surface area contributed by atoms with Crippen LogP contribution in [-0.2, 0) is 6.42 Å². The van der Waals surface area contributed by atoms with Gasteiger partial charge in [0.15, 0.2) is 4.80 Å². The van der Waals surface area contributed by atoms with Crippen LogP contribution in [0.15, 0.2) is 88.2 Å². The van der Waals surface area contributed by atoms with E-state index >= 15 is 0 Å². The summed E-state index contributed by atoms with van der Waals surface area (Å²) in [7, 11) is 1.67. The Hall–Kier alpha value is -3.41. The Balaban J connectivity index is 1.66. The molecule has 1 aliphatic heterocycles. The predicted octanol–water partition coefficient (Wildman–Crippen LogP) is 4.98. The Bertz CT molecular complexity index is 1650. The van der Waals surface area contributed by atoms with Gasteiger partial charge in [0.2, 0.25) is 0 Å². The molecule has 4 nitrogen and oxygen atoms in total. The molecule has 0 spiro atoms. The topological polar surface area (TPSA) is 43.6 Å². The number of thiazole rings is 1. The van der Waals surface area contributed by atoms with Gasteiger partial charge in [-0.1, -0.05) is 83.6 Å². The normalized spacial score (nSPS) is 17.0. The predicted molar refractivity (Wildman–Crippen MR) is 137 cm³/mol. The highest BCUT2D eigenvalue weighted by molar-refractivity contribution is 7.07. The molecule has 0 amide bonds. The number of aryl methyl sites for hydroxylation is 1. The molecule has 3 aromatic carbocycles. The van der Waals surface area contributed by atoms with E-state index in [4.69, 9.17) is 21.3 Å². The number of allylic oxidation sites excluding steroid dienone is 1. The van der Waals surface area contributed by atoms with Gasteiger partial charge in [0.1, 0.15) is 5.75 Å². The van der Waals surface area contributed by atoms with Crippen molar-refractivity contribution < 1.29 is 4.74 Å². The minimum absolute atomic E-state index is 0.0648. The van der Waals surface area contributed by atoms with E-state index in [1.807, 2.05) is 59.2 Å². The van der Waals surface area contributed by atoms with E-state index in [0.29, 0.717) is 14.4 Å². The number of para-hydroxylation sites is 1. The van der Waals surface area contributed by atoms with Crippen LogP contribution in [0.25, 0.3) is 11.8 Å². The third-order valence-corrected chi connectivity index (χ3v) is 7.83. The van der Waals surface area contributed by atoms with Gasteiger partial charge < -0.3 is 4.74 Å². The minimum Gasteiger partial charge on any atom is -0.496 e. The molecule has 0 fully saturated rings. The summed E-state index contributed by atoms with van der Waals surface area (Å²) >= 11 is 7.79. The van der Waals surface area contributed by atoms with Crippen molar-refractivity contribution in [2.24, 2.45) is 4.99 Å². The molecule has 0 saturated carbocycles. The molecule has 6 heteroatoms. The molecule has 4 aromatic rings. The lowest BCUT2D eigenvalue weighted by Crippen LogP contribution is -2.39. The molecule has 1 aliphatic carbocycles. The van der Waals surface area contributed by atoms with Crippen LogP contribution in [0.3, 0.4) is 0 Å². The molecule has 0 N–H and O–H groups in total. The molecule has 34 heavy (non-hydrogen) atoms. The maximum atomic E-state index is 13.8. The molecule has 168 valence electrons. The van der Waals surface area contributed by atoms with Gasteiger partial charge in [-0.15, -0.1) is 0 Å². The summed E-state index contributed by atoms with van der Waals surface area (Å²) in [5.41, 5.74) is 6.29. The van der Waals surface area contributed by atoms with E-state index in [9.17, 15) is 4.79 Å². The Kier molecular flexibility index (Phi) is 5.24. The maximum Gasteiger partial charge on any atom is 0.271 e. The van der Waals surface area contributed by atoms with Crippen molar-refractivity contribution in [1.29, 1.82) is 0 Å². The molecule has 2 heterocycles. The number of ether oxygens (including phenoxy) is 1. The van der Waals surface area contributed by atoms with Crippen LogP contribution in [0.5, 0.6) is 5.75 Å². The first kappa shape index (κ1) is 21.1. The first-order chi connectivity index (χ1) is 16.7. The van der Waals surface area contributed by atoms with Crippen molar-refractivity contribution in [3.63, 3.8) is 0 Å². The Morgan fingerprint density at radius 1 is 1.03 bits per heavy atom. The monoisotopic (exact) mass is 484 g/mol. The van der Waals surface area contributed by atoms with Crippen molar-refractivity contribution in [1.82, 2.24) is 4.57 Å². The first-order valence-electron chi connectivity index (χ1n) is 11.2. The molecule has 0 bridgehead atoms. The number of fused-ring (bicyclic) bond motifs is 3. The number of methoxy groups -OCH3 is 1. The summed E-state index contributed by atoms with van der Waals surface area (Å²) in [6.45, 7) is 0. The van der Waals surface area contributed by atoms with E-state index < -0.39 is 0 Å². The molecule has 6 rings (SSSR count). The smallest absolute Gasteiger partial charge is 0.271 e. The second-order valence-corrected chi connectivity index (χ2v) is 9.79. The van der Waals surface area contributed by atoms with Crippen LogP contribution < -0.4 is 19.6 Å². The van der Waals surface area contributed by atoms with Crippen LogP contribution in [0.1, 0.15) is 34.7 Å². The van der Waals surface area contributed by atoms with Gasteiger partial charge in [0, 0.05) is 16.1 Å². The zero-order valence-corrected chi connectivity index (χ0v) is 20.1. The van der Waals surface area contributed by atoms with Crippen molar-refractivity contribution in [2.75, 3.05) is 7.11 Å². The van der Waals surface area contributed by atoms with Crippen LogP contribution in [0.2, 0.25) is 5.02 Å². The lowest BCUT2D eigenvalue weighted by molar-refractivity contribution is 0.402. The fraction of sp³-hybridized carbons (Fsp3) is 0.143. The van der Waals surface area contributed by atoms with Gasteiger partial charge in [0.05, 0.1) is 23.4 Å². The molecule has 2 aliphatic rings. The van der Waals surface area contributed by atoms with Crippen molar-refractivity contribution >= 4 is 34.7 Å². The van der Waals surface area contributed by atoms with E-state index in [-0.39, 0.29) is 11.6 Å². The lowest BCUT2D eigenvalue weighted by atomic mass is 9.83. The van der Waals surface area contributed by atoms with Gasteiger partial charge in [0.25, 0.3) is 5.56 Å². The fourth-order valence-corrected chi connectivity index (χ4v) is 6.11. The second-order valence-electron chi connectivity index (χ2n) is 8.38. The number of benzene rings is 3. The van der Waals surface area contributed by atoms with Gasteiger partial charge in [-0.3, -0.25) is 9.36 Å². The highest BCUT2D eigenvalue weighted by Gasteiger charge is 2.33. The van der Waals surface area contributed by atoms with Gasteiger partial charge in [-0.05, 0) is 47.8 Å². The minimum atomic E-state index is -0.274. The fourth-order valence-electron chi connectivity index (χ4n) is 4.92. The number of hydrogen-bond donors (Lipinski definition) is 0. The average Bonchev–Trinajstić information content (AvgIpc) is 3.18. The summed E-state index contributed by atoms with van der Waals surface area (Å²) in [5.74, 6) is 0.765. The second kappa shape index (κ2) is 8.42. The molecule has 0 radical (unpaired) electrons. The highest BCUT2D eigenvalue weighted by Crippen LogP contribution is 2.43. The molecular weight excluding hydrogens is 464 g/mol. The Morgan fingerprint density at radius 2 is 1.79 bits per heavy atom. The van der Waals surface area contributed by atoms with Crippen molar-refractivity contribution in [2.45, 2.75) is 18.9 Å². The van der Waals surface area contributed by atoms with E-state index in [2.05, 4.69) is 24.3 Å². The summed E-state index contributed by atoms with van der Waals surface area (Å²) < 4.78 is 8.17. The number of halogens is 1. The van der Waals surface area contributed by atoms with Crippen LogP contribution in [-0.4, -0.2) is 11.7 Å². The number of hydrogen-bond acceptors (Lipinski definition) is 4. The summed E-state index contributed by atoms with van der Waals surface area (Å²) in [4.78, 5) is 19.6.